The molecule has 1 aliphatic heterocycles. The first-order valence-corrected chi connectivity index (χ1v) is 7.13. The van der Waals surface area contributed by atoms with Crippen LogP contribution in [0.5, 0.6) is 0 Å². The minimum atomic E-state index is -0.449. The molecule has 0 spiro atoms. The average molecular weight is 284 g/mol. The Morgan fingerprint density at radius 2 is 2.00 bits per heavy atom. The van der Waals surface area contributed by atoms with Gasteiger partial charge in [-0.25, -0.2) is 4.79 Å². The van der Waals surface area contributed by atoms with Crippen molar-refractivity contribution in [1.82, 2.24) is 15.5 Å². The number of carbonyl (C=O) groups is 2. The molecule has 2 atom stereocenters. The summed E-state index contributed by atoms with van der Waals surface area (Å²) >= 11 is 0. The van der Waals surface area contributed by atoms with Crippen LogP contribution >= 0.6 is 0 Å². The molecule has 6 heteroatoms. The van der Waals surface area contributed by atoms with Crippen molar-refractivity contribution in [2.75, 3.05) is 19.6 Å². The maximum Gasteiger partial charge on any atom is 0.321 e. The summed E-state index contributed by atoms with van der Waals surface area (Å²) in [7, 11) is 0. The minimum Gasteiger partial charge on any atom is -0.333 e. The number of likely N-dealkylation sites (tertiary alicyclic amines) is 1. The second-order valence-electron chi connectivity index (χ2n) is 7.10. The number of amides is 3. The standard InChI is InChI=1S/C14H28N4O2/c1-10(18-7-6-14(5,8-15)9-18)11(19)16-12(20)17-13(2,3)4/h10H,6-9,15H2,1-5H3,(H2,16,17,19,20). The van der Waals surface area contributed by atoms with Gasteiger partial charge in [-0.2, -0.15) is 0 Å². The zero-order valence-corrected chi connectivity index (χ0v) is 13.2. The first-order valence-electron chi connectivity index (χ1n) is 7.13. The quantitative estimate of drug-likeness (QED) is 0.711. The second kappa shape index (κ2) is 6.10. The Labute approximate surface area is 121 Å². The molecule has 1 saturated heterocycles. The van der Waals surface area contributed by atoms with Crippen LogP contribution in [0.3, 0.4) is 0 Å². The van der Waals surface area contributed by atoms with Gasteiger partial charge in [0, 0.05) is 12.1 Å². The summed E-state index contributed by atoms with van der Waals surface area (Å²) in [6.45, 7) is 11.8. The fraction of sp³-hybridized carbons (Fsp3) is 0.857. The molecule has 3 amide bonds. The molecule has 0 aliphatic carbocycles. The zero-order valence-electron chi connectivity index (χ0n) is 13.2. The van der Waals surface area contributed by atoms with Crippen LogP contribution in [0.25, 0.3) is 0 Å². The SMILES string of the molecule is CC(C(=O)NC(=O)NC(C)(C)C)N1CCC(C)(CN)C1. The summed E-state index contributed by atoms with van der Waals surface area (Å²) in [4.78, 5) is 25.8. The Hall–Kier alpha value is -1.14. The third-order valence-electron chi connectivity index (χ3n) is 3.73. The Kier molecular flexibility index (Phi) is 5.15. The van der Waals surface area contributed by atoms with E-state index >= 15 is 0 Å². The van der Waals surface area contributed by atoms with Crippen molar-refractivity contribution < 1.29 is 9.59 Å². The summed E-state index contributed by atoms with van der Waals surface area (Å²) in [5.74, 6) is -0.270. The number of imide groups is 1. The van der Waals surface area contributed by atoms with Crippen LogP contribution in [0.2, 0.25) is 0 Å². The van der Waals surface area contributed by atoms with E-state index in [1.807, 2.05) is 27.7 Å². The highest BCUT2D eigenvalue weighted by Gasteiger charge is 2.36. The van der Waals surface area contributed by atoms with Gasteiger partial charge in [-0.15, -0.1) is 0 Å². The van der Waals surface area contributed by atoms with E-state index in [2.05, 4.69) is 22.5 Å². The fourth-order valence-electron chi connectivity index (χ4n) is 2.31. The summed E-state index contributed by atoms with van der Waals surface area (Å²) < 4.78 is 0. The Balaban J connectivity index is 2.50. The minimum absolute atomic E-state index is 0.0716. The third-order valence-corrected chi connectivity index (χ3v) is 3.73. The van der Waals surface area contributed by atoms with E-state index in [0.717, 1.165) is 19.5 Å². The van der Waals surface area contributed by atoms with E-state index in [0.29, 0.717) is 6.54 Å². The van der Waals surface area contributed by atoms with Crippen molar-refractivity contribution in [2.24, 2.45) is 11.1 Å². The first kappa shape index (κ1) is 16.9. The summed E-state index contributed by atoms with van der Waals surface area (Å²) in [5, 5.41) is 5.11. The van der Waals surface area contributed by atoms with Gasteiger partial charge in [0.25, 0.3) is 0 Å². The largest absolute Gasteiger partial charge is 0.333 e. The molecule has 6 nitrogen and oxygen atoms in total. The van der Waals surface area contributed by atoms with E-state index in [1.54, 1.807) is 0 Å². The molecular weight excluding hydrogens is 256 g/mol. The molecule has 0 radical (unpaired) electrons. The van der Waals surface area contributed by atoms with Crippen LogP contribution in [0.1, 0.15) is 41.0 Å². The topological polar surface area (TPSA) is 87.5 Å². The van der Waals surface area contributed by atoms with Gasteiger partial charge >= 0.3 is 6.03 Å². The van der Waals surface area contributed by atoms with Gasteiger partial charge in [0.15, 0.2) is 0 Å². The van der Waals surface area contributed by atoms with Gasteiger partial charge in [-0.3, -0.25) is 15.0 Å². The molecule has 1 aliphatic rings. The van der Waals surface area contributed by atoms with E-state index in [4.69, 9.17) is 5.73 Å². The molecule has 1 fully saturated rings. The van der Waals surface area contributed by atoms with Crippen molar-refractivity contribution in [3.8, 4) is 0 Å². The van der Waals surface area contributed by atoms with Crippen LogP contribution in [-0.4, -0.2) is 48.1 Å². The van der Waals surface area contributed by atoms with Crippen LogP contribution < -0.4 is 16.4 Å². The monoisotopic (exact) mass is 284 g/mol. The molecule has 1 rings (SSSR count). The average Bonchev–Trinajstić information content (AvgIpc) is 2.69. The first-order chi connectivity index (χ1) is 9.06. The number of carbonyl (C=O) groups excluding carboxylic acids is 2. The Morgan fingerprint density at radius 1 is 1.40 bits per heavy atom. The van der Waals surface area contributed by atoms with E-state index in [-0.39, 0.29) is 22.9 Å². The van der Waals surface area contributed by atoms with Crippen molar-refractivity contribution >= 4 is 11.9 Å². The van der Waals surface area contributed by atoms with Crippen LogP contribution in [0, 0.1) is 5.41 Å². The highest BCUT2D eigenvalue weighted by Crippen LogP contribution is 2.29. The number of hydrogen-bond donors (Lipinski definition) is 3. The molecule has 1 heterocycles. The maximum atomic E-state index is 12.1. The normalized spacial score (nSPS) is 25.3. The van der Waals surface area contributed by atoms with Crippen LogP contribution in [0.4, 0.5) is 4.79 Å². The number of nitrogens with one attached hydrogen (secondary N) is 2. The molecule has 116 valence electrons. The predicted octanol–water partition coefficient (Wildman–Crippen LogP) is 0.670. The highest BCUT2D eigenvalue weighted by atomic mass is 16.2. The van der Waals surface area contributed by atoms with Crippen LogP contribution in [-0.2, 0) is 4.79 Å². The molecular formula is C14H28N4O2. The summed E-state index contributed by atoms with van der Waals surface area (Å²) in [6, 6.07) is -0.774. The fourth-order valence-corrected chi connectivity index (χ4v) is 2.31. The van der Waals surface area contributed by atoms with Crippen molar-refractivity contribution in [3.63, 3.8) is 0 Å². The predicted molar refractivity (Wildman–Crippen MR) is 79.2 cm³/mol. The molecule has 0 aromatic carbocycles. The summed E-state index contributed by atoms with van der Waals surface area (Å²) in [6.07, 6.45) is 0.981. The lowest BCUT2D eigenvalue weighted by atomic mass is 9.90. The van der Waals surface area contributed by atoms with E-state index in [1.165, 1.54) is 0 Å². The van der Waals surface area contributed by atoms with Gasteiger partial charge in [0.2, 0.25) is 5.91 Å². The zero-order chi connectivity index (χ0) is 15.6. The van der Waals surface area contributed by atoms with Gasteiger partial charge in [0.05, 0.1) is 6.04 Å². The van der Waals surface area contributed by atoms with Crippen LogP contribution in [0.15, 0.2) is 0 Å². The molecule has 20 heavy (non-hydrogen) atoms. The molecule has 0 saturated carbocycles. The molecule has 0 aromatic rings. The number of nitrogens with zero attached hydrogens (tertiary/aromatic N) is 1. The van der Waals surface area contributed by atoms with Gasteiger partial charge < -0.3 is 11.1 Å². The molecule has 0 aromatic heterocycles. The second-order valence-corrected chi connectivity index (χ2v) is 7.10. The number of nitrogens with two attached hydrogens (primary N) is 1. The lowest BCUT2D eigenvalue weighted by molar-refractivity contribution is -0.124. The Morgan fingerprint density at radius 3 is 2.45 bits per heavy atom. The molecule has 4 N–H and O–H groups in total. The molecule has 0 bridgehead atoms. The smallest absolute Gasteiger partial charge is 0.321 e. The number of urea groups is 1. The van der Waals surface area contributed by atoms with Gasteiger partial charge in [-0.05, 0) is 52.6 Å². The third kappa shape index (κ3) is 4.76. The molecule has 2 unspecified atom stereocenters. The lowest BCUT2D eigenvalue weighted by Crippen LogP contribution is -2.53. The number of hydrogen-bond acceptors (Lipinski definition) is 4. The van der Waals surface area contributed by atoms with Crippen molar-refractivity contribution in [2.45, 2.75) is 52.6 Å². The van der Waals surface area contributed by atoms with Gasteiger partial charge in [-0.1, -0.05) is 6.92 Å². The van der Waals surface area contributed by atoms with Gasteiger partial charge in [0.1, 0.15) is 0 Å². The lowest BCUT2D eigenvalue weighted by Gasteiger charge is -2.27. The summed E-state index contributed by atoms with van der Waals surface area (Å²) in [5.41, 5.74) is 5.48. The van der Waals surface area contributed by atoms with Crippen molar-refractivity contribution in [1.29, 1.82) is 0 Å². The van der Waals surface area contributed by atoms with E-state index in [9.17, 15) is 9.59 Å². The highest BCUT2D eigenvalue weighted by molar-refractivity contribution is 5.97. The Bertz CT molecular complexity index is 378. The van der Waals surface area contributed by atoms with E-state index < -0.39 is 6.03 Å². The maximum absolute atomic E-state index is 12.1. The number of rotatable bonds is 3. The van der Waals surface area contributed by atoms with Crippen molar-refractivity contribution in [3.05, 3.63) is 0 Å².